The van der Waals surface area contributed by atoms with Crippen molar-refractivity contribution in [1.29, 1.82) is 0 Å². The van der Waals surface area contributed by atoms with Gasteiger partial charge in [0.2, 0.25) is 0 Å². The first-order valence-electron chi connectivity index (χ1n) is 7.87. The van der Waals surface area contributed by atoms with Crippen molar-refractivity contribution in [3.05, 3.63) is 65.7 Å². The van der Waals surface area contributed by atoms with Gasteiger partial charge in [-0.1, -0.05) is 18.2 Å². The van der Waals surface area contributed by atoms with Crippen molar-refractivity contribution in [2.45, 2.75) is 6.04 Å². The highest BCUT2D eigenvalue weighted by Crippen LogP contribution is 2.32. The van der Waals surface area contributed by atoms with E-state index in [4.69, 9.17) is 4.74 Å². The van der Waals surface area contributed by atoms with Crippen molar-refractivity contribution < 1.29 is 18.7 Å². The summed E-state index contributed by atoms with van der Waals surface area (Å²) in [6, 6.07) is 8.26. The SMILES string of the molecule is COCCN1CC(=O)N(C(c2ccc(F)cc2)c2cccnc2)C1=O. The molecule has 1 atom stereocenters. The summed E-state index contributed by atoms with van der Waals surface area (Å²) in [5.41, 5.74) is 1.33. The number of benzene rings is 1. The van der Waals surface area contributed by atoms with Crippen LogP contribution in [-0.2, 0) is 9.53 Å². The van der Waals surface area contributed by atoms with Gasteiger partial charge in [0.1, 0.15) is 12.4 Å². The van der Waals surface area contributed by atoms with Gasteiger partial charge in [-0.05, 0) is 29.3 Å². The summed E-state index contributed by atoms with van der Waals surface area (Å²) in [5.74, 6) is -0.686. The molecule has 0 saturated carbocycles. The fraction of sp³-hybridized carbons (Fsp3) is 0.278. The summed E-state index contributed by atoms with van der Waals surface area (Å²) in [6.45, 7) is 0.682. The van der Waals surface area contributed by atoms with Crippen LogP contribution in [0.2, 0.25) is 0 Å². The number of aromatic nitrogens is 1. The molecule has 1 fully saturated rings. The van der Waals surface area contributed by atoms with Crippen LogP contribution < -0.4 is 0 Å². The second-order valence-corrected chi connectivity index (χ2v) is 5.70. The molecule has 0 aliphatic carbocycles. The van der Waals surface area contributed by atoms with Gasteiger partial charge in [-0.15, -0.1) is 0 Å². The molecule has 1 saturated heterocycles. The third-order valence-corrected chi connectivity index (χ3v) is 4.08. The number of urea groups is 1. The maximum Gasteiger partial charge on any atom is 0.328 e. The molecule has 7 heteroatoms. The van der Waals surface area contributed by atoms with Crippen LogP contribution in [0.5, 0.6) is 0 Å². The average molecular weight is 343 g/mol. The molecular weight excluding hydrogens is 325 g/mol. The fourth-order valence-corrected chi connectivity index (χ4v) is 2.87. The van der Waals surface area contributed by atoms with E-state index >= 15 is 0 Å². The predicted octanol–water partition coefficient (Wildman–Crippen LogP) is 2.22. The van der Waals surface area contributed by atoms with Crippen LogP contribution in [0.15, 0.2) is 48.8 Å². The van der Waals surface area contributed by atoms with Gasteiger partial charge < -0.3 is 9.64 Å². The summed E-state index contributed by atoms with van der Waals surface area (Å²) in [6.07, 6.45) is 3.22. The standard InChI is InChI=1S/C18H18FN3O3/c1-25-10-9-21-12-16(23)22(18(21)24)17(14-3-2-8-20-11-14)13-4-6-15(19)7-5-13/h2-8,11,17H,9-10,12H2,1H3. The van der Waals surface area contributed by atoms with Crippen molar-refractivity contribution in [2.75, 3.05) is 26.8 Å². The Morgan fingerprint density at radius 1 is 1.20 bits per heavy atom. The zero-order chi connectivity index (χ0) is 17.8. The Morgan fingerprint density at radius 3 is 2.60 bits per heavy atom. The Morgan fingerprint density at radius 2 is 1.96 bits per heavy atom. The predicted molar refractivity (Wildman–Crippen MR) is 88.2 cm³/mol. The summed E-state index contributed by atoms with van der Waals surface area (Å²) in [7, 11) is 1.54. The number of pyridine rings is 1. The van der Waals surface area contributed by atoms with E-state index in [1.807, 2.05) is 0 Å². The van der Waals surface area contributed by atoms with Gasteiger partial charge in [0.05, 0.1) is 12.6 Å². The number of halogens is 1. The number of carbonyl (C=O) groups is 2. The topological polar surface area (TPSA) is 62.7 Å². The lowest BCUT2D eigenvalue weighted by Crippen LogP contribution is -2.37. The van der Waals surface area contributed by atoms with Gasteiger partial charge in [0.25, 0.3) is 5.91 Å². The lowest BCUT2D eigenvalue weighted by molar-refractivity contribution is -0.126. The molecule has 3 rings (SSSR count). The lowest BCUT2D eigenvalue weighted by Gasteiger charge is -2.27. The molecule has 1 aliphatic rings. The van der Waals surface area contributed by atoms with E-state index in [9.17, 15) is 14.0 Å². The second-order valence-electron chi connectivity index (χ2n) is 5.70. The first-order valence-corrected chi connectivity index (χ1v) is 7.87. The van der Waals surface area contributed by atoms with Crippen LogP contribution in [0.3, 0.4) is 0 Å². The molecule has 2 aromatic rings. The van der Waals surface area contributed by atoms with Crippen LogP contribution in [-0.4, -0.2) is 53.5 Å². The largest absolute Gasteiger partial charge is 0.383 e. The number of amides is 3. The molecule has 2 heterocycles. The molecule has 6 nitrogen and oxygen atoms in total. The Kier molecular flexibility index (Phi) is 5.04. The van der Waals surface area contributed by atoms with Gasteiger partial charge >= 0.3 is 6.03 Å². The van der Waals surface area contributed by atoms with Gasteiger partial charge in [0, 0.05) is 26.0 Å². The highest BCUT2D eigenvalue weighted by atomic mass is 19.1. The van der Waals surface area contributed by atoms with E-state index in [0.29, 0.717) is 24.3 Å². The quantitative estimate of drug-likeness (QED) is 0.755. The van der Waals surface area contributed by atoms with E-state index in [-0.39, 0.29) is 24.3 Å². The average Bonchev–Trinajstić information content (AvgIpc) is 2.90. The molecule has 0 radical (unpaired) electrons. The van der Waals surface area contributed by atoms with E-state index in [1.54, 1.807) is 36.7 Å². The number of rotatable bonds is 6. The Labute approximate surface area is 144 Å². The Balaban J connectivity index is 1.98. The number of imide groups is 1. The third kappa shape index (κ3) is 3.51. The molecule has 1 aliphatic heterocycles. The third-order valence-electron chi connectivity index (χ3n) is 4.08. The maximum absolute atomic E-state index is 13.3. The number of nitrogens with zero attached hydrogens (tertiary/aromatic N) is 3. The van der Waals surface area contributed by atoms with Gasteiger partial charge in [0.15, 0.2) is 0 Å². The number of hydrogen-bond donors (Lipinski definition) is 0. The summed E-state index contributed by atoms with van der Waals surface area (Å²) >= 11 is 0. The van der Waals surface area contributed by atoms with E-state index in [0.717, 1.165) is 0 Å². The van der Waals surface area contributed by atoms with Crippen LogP contribution in [0.1, 0.15) is 17.2 Å². The molecule has 130 valence electrons. The molecule has 0 spiro atoms. The summed E-state index contributed by atoms with van der Waals surface area (Å²) in [4.78, 5) is 32.0. The second kappa shape index (κ2) is 7.40. The van der Waals surface area contributed by atoms with Crippen molar-refractivity contribution in [1.82, 2.24) is 14.8 Å². The minimum absolute atomic E-state index is 0.000149. The molecule has 25 heavy (non-hydrogen) atoms. The van der Waals surface area contributed by atoms with Crippen LogP contribution >= 0.6 is 0 Å². The highest BCUT2D eigenvalue weighted by molar-refractivity contribution is 6.02. The minimum atomic E-state index is -0.651. The molecule has 1 aromatic heterocycles. The fourth-order valence-electron chi connectivity index (χ4n) is 2.87. The van der Waals surface area contributed by atoms with Gasteiger partial charge in [-0.2, -0.15) is 0 Å². The molecule has 3 amide bonds. The number of hydrogen-bond acceptors (Lipinski definition) is 4. The molecule has 0 N–H and O–H groups in total. The number of ether oxygens (including phenoxy) is 1. The highest BCUT2D eigenvalue weighted by Gasteiger charge is 2.41. The van der Waals surface area contributed by atoms with E-state index < -0.39 is 6.04 Å². The molecule has 1 unspecified atom stereocenters. The van der Waals surface area contributed by atoms with Crippen molar-refractivity contribution in [2.24, 2.45) is 0 Å². The van der Waals surface area contributed by atoms with Crippen molar-refractivity contribution in [3.8, 4) is 0 Å². The monoisotopic (exact) mass is 343 g/mol. The van der Waals surface area contributed by atoms with Crippen LogP contribution in [0.4, 0.5) is 9.18 Å². The van der Waals surface area contributed by atoms with Gasteiger partial charge in [-0.3, -0.25) is 14.7 Å². The zero-order valence-electron chi connectivity index (χ0n) is 13.8. The Hall–Kier alpha value is -2.80. The maximum atomic E-state index is 13.3. The summed E-state index contributed by atoms with van der Waals surface area (Å²) in [5, 5.41) is 0. The first-order chi connectivity index (χ1) is 12.1. The van der Waals surface area contributed by atoms with E-state index in [2.05, 4.69) is 4.98 Å². The van der Waals surface area contributed by atoms with Crippen LogP contribution in [0, 0.1) is 5.82 Å². The smallest absolute Gasteiger partial charge is 0.328 e. The summed E-state index contributed by atoms with van der Waals surface area (Å²) < 4.78 is 18.3. The van der Waals surface area contributed by atoms with Crippen molar-refractivity contribution in [3.63, 3.8) is 0 Å². The molecule has 0 bridgehead atoms. The molecule has 1 aromatic carbocycles. The normalized spacial score (nSPS) is 15.8. The number of carbonyl (C=O) groups excluding carboxylic acids is 2. The lowest BCUT2D eigenvalue weighted by atomic mass is 9.98. The van der Waals surface area contributed by atoms with Crippen molar-refractivity contribution >= 4 is 11.9 Å². The zero-order valence-corrected chi connectivity index (χ0v) is 13.8. The Bertz CT molecular complexity index is 752. The van der Waals surface area contributed by atoms with Crippen LogP contribution in [0.25, 0.3) is 0 Å². The first kappa shape index (κ1) is 17.0. The number of methoxy groups -OCH3 is 1. The minimum Gasteiger partial charge on any atom is -0.383 e. The molecular formula is C18H18FN3O3. The van der Waals surface area contributed by atoms with E-state index in [1.165, 1.54) is 29.0 Å². The van der Waals surface area contributed by atoms with Gasteiger partial charge in [-0.25, -0.2) is 9.18 Å².